The van der Waals surface area contributed by atoms with Crippen LogP contribution in [-0.4, -0.2) is 75.2 Å². The van der Waals surface area contributed by atoms with Gasteiger partial charge >= 0.3 is 0 Å². The number of rotatable bonds is 9. The van der Waals surface area contributed by atoms with Crippen LogP contribution in [-0.2, 0) is 0 Å². The van der Waals surface area contributed by atoms with Crippen LogP contribution in [0.2, 0.25) is 0 Å². The van der Waals surface area contributed by atoms with Gasteiger partial charge in [0.1, 0.15) is 5.82 Å². The summed E-state index contributed by atoms with van der Waals surface area (Å²) in [6.45, 7) is 10.4. The summed E-state index contributed by atoms with van der Waals surface area (Å²) in [5.41, 5.74) is 9.81. The molecule has 1 aliphatic heterocycles. The van der Waals surface area contributed by atoms with Crippen molar-refractivity contribution < 1.29 is 4.79 Å². The van der Waals surface area contributed by atoms with Gasteiger partial charge in [-0.1, -0.05) is 19.9 Å². The van der Waals surface area contributed by atoms with E-state index in [9.17, 15) is 4.79 Å². The molecule has 10 heteroatoms. The van der Waals surface area contributed by atoms with Gasteiger partial charge in [-0.2, -0.15) is 5.10 Å². The number of pyridine rings is 1. The number of fused-ring (bicyclic) bond motifs is 1. The van der Waals surface area contributed by atoms with E-state index in [0.29, 0.717) is 30.0 Å². The van der Waals surface area contributed by atoms with Crippen molar-refractivity contribution in [2.24, 2.45) is 5.73 Å². The Kier molecular flexibility index (Phi) is 7.50. The second-order valence-electron chi connectivity index (χ2n) is 9.49. The first-order valence-electron chi connectivity index (χ1n) is 12.9. The molecule has 0 spiro atoms. The molecule has 1 unspecified atom stereocenters. The molecule has 194 valence electrons. The lowest BCUT2D eigenvalue weighted by molar-refractivity contribution is 0.0938. The first-order valence-corrected chi connectivity index (χ1v) is 13.8. The molecule has 0 bridgehead atoms. The number of nitrogens with zero attached hydrogens (tertiary/aromatic N) is 6. The van der Waals surface area contributed by atoms with Crippen molar-refractivity contribution in [1.82, 2.24) is 29.8 Å². The summed E-state index contributed by atoms with van der Waals surface area (Å²) in [4.78, 5) is 28.8. The molecule has 2 atom stereocenters. The average molecular weight is 519 g/mol. The summed E-state index contributed by atoms with van der Waals surface area (Å²) in [6, 6.07) is 10.1. The van der Waals surface area contributed by atoms with Crippen LogP contribution < -0.4 is 16.0 Å². The van der Waals surface area contributed by atoms with Gasteiger partial charge in [0.15, 0.2) is 5.65 Å². The maximum absolute atomic E-state index is 13.3. The minimum atomic E-state index is -0.115. The normalized spacial score (nSPS) is 16.6. The molecule has 5 heterocycles. The van der Waals surface area contributed by atoms with Gasteiger partial charge in [0, 0.05) is 43.5 Å². The van der Waals surface area contributed by atoms with Crippen molar-refractivity contribution in [2.45, 2.75) is 39.3 Å². The van der Waals surface area contributed by atoms with E-state index in [1.54, 1.807) is 22.0 Å². The van der Waals surface area contributed by atoms with Gasteiger partial charge in [-0.05, 0) is 56.1 Å². The standard InChI is InChI=1S/C27H34N8OS/c1-4-33(5-2)18(3)15-29-27(36)19-13-23(31-25(14-19)34-10-8-20(28)17-34)21-16-30-35-11-9-22(32-26(21)35)24-7-6-12-37-24/h6-7,9,11-14,16,18,20H,4-5,8,10,15,17,28H2,1-3H3,(H,29,36)/t18?,20-/m0/s1. The molecule has 4 aromatic heterocycles. The Labute approximate surface area is 221 Å². The highest BCUT2D eigenvalue weighted by Crippen LogP contribution is 2.29. The first kappa shape index (κ1) is 25.3. The highest BCUT2D eigenvalue weighted by Gasteiger charge is 2.24. The van der Waals surface area contributed by atoms with Gasteiger partial charge < -0.3 is 16.0 Å². The Balaban J connectivity index is 1.51. The van der Waals surface area contributed by atoms with Crippen molar-refractivity contribution >= 4 is 28.7 Å². The van der Waals surface area contributed by atoms with E-state index >= 15 is 0 Å². The van der Waals surface area contributed by atoms with Crippen LogP contribution in [0.25, 0.3) is 27.5 Å². The SMILES string of the molecule is CCN(CC)C(C)CNC(=O)c1cc(-c2cnn3ccc(-c4cccs4)nc23)nc(N2CC[C@H](N)C2)c1. The largest absolute Gasteiger partial charge is 0.355 e. The summed E-state index contributed by atoms with van der Waals surface area (Å²) in [5, 5.41) is 9.67. The monoisotopic (exact) mass is 518 g/mol. The average Bonchev–Trinajstić information content (AvgIpc) is 3.68. The summed E-state index contributed by atoms with van der Waals surface area (Å²) < 4.78 is 1.75. The van der Waals surface area contributed by atoms with E-state index < -0.39 is 0 Å². The lowest BCUT2D eigenvalue weighted by Crippen LogP contribution is -2.42. The minimum Gasteiger partial charge on any atom is -0.355 e. The highest BCUT2D eigenvalue weighted by molar-refractivity contribution is 7.13. The van der Waals surface area contributed by atoms with Crippen LogP contribution in [0, 0.1) is 0 Å². The number of hydrogen-bond acceptors (Lipinski definition) is 8. The van der Waals surface area contributed by atoms with Crippen LogP contribution in [0.4, 0.5) is 5.82 Å². The number of carbonyl (C=O) groups excluding carboxylic acids is 1. The molecule has 1 fully saturated rings. The molecule has 5 rings (SSSR count). The Hall–Kier alpha value is -3.34. The molecule has 0 radical (unpaired) electrons. The molecular formula is C27H34N8OS. The highest BCUT2D eigenvalue weighted by atomic mass is 32.1. The third-order valence-electron chi connectivity index (χ3n) is 7.04. The molecule has 3 N–H and O–H groups in total. The molecule has 0 saturated carbocycles. The Morgan fingerprint density at radius 1 is 1.24 bits per heavy atom. The topological polar surface area (TPSA) is 105 Å². The van der Waals surface area contributed by atoms with Gasteiger partial charge in [-0.3, -0.25) is 9.69 Å². The molecule has 1 aliphatic rings. The Morgan fingerprint density at radius 2 is 2.08 bits per heavy atom. The third kappa shape index (κ3) is 5.36. The Bertz CT molecular complexity index is 1360. The molecule has 9 nitrogen and oxygen atoms in total. The van der Waals surface area contributed by atoms with E-state index in [-0.39, 0.29) is 18.0 Å². The molecule has 37 heavy (non-hydrogen) atoms. The van der Waals surface area contributed by atoms with Crippen molar-refractivity contribution in [1.29, 1.82) is 0 Å². The Morgan fingerprint density at radius 3 is 2.78 bits per heavy atom. The molecule has 0 aromatic carbocycles. The number of thiophene rings is 1. The zero-order valence-corrected chi connectivity index (χ0v) is 22.4. The quantitative estimate of drug-likeness (QED) is 0.349. The van der Waals surface area contributed by atoms with Crippen molar-refractivity contribution in [3.63, 3.8) is 0 Å². The van der Waals surface area contributed by atoms with Crippen molar-refractivity contribution in [2.75, 3.05) is 37.6 Å². The molecule has 0 aliphatic carbocycles. The van der Waals surface area contributed by atoms with Gasteiger partial charge in [-0.15, -0.1) is 11.3 Å². The fourth-order valence-electron chi connectivity index (χ4n) is 4.87. The van der Waals surface area contributed by atoms with Gasteiger partial charge in [0.25, 0.3) is 5.91 Å². The second kappa shape index (κ2) is 11.0. The maximum atomic E-state index is 13.3. The second-order valence-corrected chi connectivity index (χ2v) is 10.4. The lowest BCUT2D eigenvalue weighted by atomic mass is 10.1. The van der Waals surface area contributed by atoms with E-state index in [0.717, 1.165) is 48.0 Å². The van der Waals surface area contributed by atoms with Crippen molar-refractivity contribution in [3.05, 3.63) is 53.7 Å². The van der Waals surface area contributed by atoms with Gasteiger partial charge in [0.2, 0.25) is 0 Å². The predicted octanol–water partition coefficient (Wildman–Crippen LogP) is 3.52. The maximum Gasteiger partial charge on any atom is 0.251 e. The molecule has 1 amide bonds. The summed E-state index contributed by atoms with van der Waals surface area (Å²) in [7, 11) is 0. The van der Waals surface area contributed by atoms with E-state index in [4.69, 9.17) is 15.7 Å². The molecular weight excluding hydrogens is 484 g/mol. The zero-order chi connectivity index (χ0) is 25.9. The fraction of sp³-hybridized carbons (Fsp3) is 0.407. The van der Waals surface area contributed by atoms with Crippen LogP contribution >= 0.6 is 11.3 Å². The van der Waals surface area contributed by atoms with Gasteiger partial charge in [0.05, 0.1) is 28.0 Å². The zero-order valence-electron chi connectivity index (χ0n) is 21.6. The van der Waals surface area contributed by atoms with E-state index in [1.807, 2.05) is 35.8 Å². The van der Waals surface area contributed by atoms with Crippen LogP contribution in [0.1, 0.15) is 37.6 Å². The number of aromatic nitrogens is 4. The number of nitrogens with one attached hydrogen (secondary N) is 1. The summed E-state index contributed by atoms with van der Waals surface area (Å²) in [5.74, 6) is 0.636. The minimum absolute atomic E-state index is 0.102. The lowest BCUT2D eigenvalue weighted by Gasteiger charge is -2.26. The number of carbonyl (C=O) groups is 1. The van der Waals surface area contributed by atoms with Crippen LogP contribution in [0.5, 0.6) is 0 Å². The number of likely N-dealkylation sites (N-methyl/N-ethyl adjacent to an activating group) is 1. The van der Waals surface area contributed by atoms with Gasteiger partial charge in [-0.25, -0.2) is 14.5 Å². The number of nitrogens with two attached hydrogens (primary N) is 1. The smallest absolute Gasteiger partial charge is 0.251 e. The van der Waals surface area contributed by atoms with Crippen LogP contribution in [0.3, 0.4) is 0 Å². The fourth-order valence-corrected chi connectivity index (χ4v) is 5.57. The van der Waals surface area contributed by atoms with E-state index in [2.05, 4.69) is 47.1 Å². The van der Waals surface area contributed by atoms with Crippen LogP contribution in [0.15, 0.2) is 48.1 Å². The van der Waals surface area contributed by atoms with Crippen molar-refractivity contribution in [3.8, 4) is 21.8 Å². The number of hydrogen-bond donors (Lipinski definition) is 2. The summed E-state index contributed by atoms with van der Waals surface area (Å²) in [6.07, 6.45) is 4.58. The molecule has 1 saturated heterocycles. The third-order valence-corrected chi connectivity index (χ3v) is 7.93. The number of amides is 1. The van der Waals surface area contributed by atoms with E-state index in [1.165, 1.54) is 0 Å². The predicted molar refractivity (Wildman–Crippen MR) is 149 cm³/mol. The number of anilines is 1. The first-order chi connectivity index (χ1) is 18.0. The molecule has 4 aromatic rings. The summed E-state index contributed by atoms with van der Waals surface area (Å²) >= 11 is 1.64.